The maximum atomic E-state index is 4.69. The molecule has 0 saturated carbocycles. The van der Waals surface area contributed by atoms with E-state index < -0.39 is 0 Å². The van der Waals surface area contributed by atoms with E-state index >= 15 is 0 Å². The van der Waals surface area contributed by atoms with Crippen LogP contribution in [0.25, 0.3) is 0 Å². The maximum Gasteiger partial charge on any atom is 0.139 e. The summed E-state index contributed by atoms with van der Waals surface area (Å²) in [5.74, 6) is 2.51. The van der Waals surface area contributed by atoms with Crippen LogP contribution >= 0.6 is 0 Å². The van der Waals surface area contributed by atoms with Crippen LogP contribution in [0.2, 0.25) is 0 Å². The van der Waals surface area contributed by atoms with Crippen LogP contribution in [0.5, 0.6) is 0 Å². The minimum absolute atomic E-state index is 0.108. The molecule has 2 heterocycles. The van der Waals surface area contributed by atoms with Crippen molar-refractivity contribution >= 4 is 17.3 Å². The molecule has 0 aromatic carbocycles. The van der Waals surface area contributed by atoms with E-state index in [1.807, 2.05) is 20.2 Å². The Morgan fingerprint density at radius 1 is 1.19 bits per heavy atom. The van der Waals surface area contributed by atoms with Gasteiger partial charge in [0, 0.05) is 30.8 Å². The molecule has 21 heavy (non-hydrogen) atoms. The topological polar surface area (TPSA) is 67.7 Å². The third-order valence-electron chi connectivity index (χ3n) is 3.13. The van der Waals surface area contributed by atoms with Gasteiger partial charge in [-0.3, -0.25) is 4.68 Å². The van der Waals surface area contributed by atoms with Crippen LogP contribution in [-0.4, -0.2) is 26.3 Å². The normalized spacial score (nSPS) is 11.5. The molecule has 0 aliphatic rings. The van der Waals surface area contributed by atoms with E-state index in [0.29, 0.717) is 0 Å². The predicted molar refractivity (Wildman–Crippen MR) is 86.1 cm³/mol. The highest BCUT2D eigenvalue weighted by Gasteiger charge is 2.21. The fourth-order valence-corrected chi connectivity index (χ4v) is 1.94. The number of hydrogen-bond donors (Lipinski definition) is 2. The molecular weight excluding hydrogens is 264 g/mol. The number of nitrogens with one attached hydrogen (secondary N) is 2. The highest BCUT2D eigenvalue weighted by atomic mass is 15.3. The van der Waals surface area contributed by atoms with Crippen molar-refractivity contribution < 1.29 is 0 Å². The second-order valence-electron chi connectivity index (χ2n) is 6.18. The van der Waals surface area contributed by atoms with E-state index in [9.17, 15) is 0 Å². The molecule has 0 amide bonds. The number of hydrogen-bond acceptors (Lipinski definition) is 5. The van der Waals surface area contributed by atoms with E-state index in [-0.39, 0.29) is 5.41 Å². The average Bonchev–Trinajstić information content (AvgIpc) is 2.78. The van der Waals surface area contributed by atoms with Crippen molar-refractivity contribution in [1.29, 1.82) is 0 Å². The SMILES string of the molecule is CCNc1nc(C(C)(C)C)nc(Nc2cnn(C)c2)c1C. The second kappa shape index (κ2) is 5.71. The van der Waals surface area contributed by atoms with Gasteiger partial charge in [-0.15, -0.1) is 0 Å². The minimum Gasteiger partial charge on any atom is -0.370 e. The quantitative estimate of drug-likeness (QED) is 0.905. The first-order valence-electron chi connectivity index (χ1n) is 7.20. The van der Waals surface area contributed by atoms with Crippen LogP contribution in [0.4, 0.5) is 17.3 Å². The summed E-state index contributed by atoms with van der Waals surface area (Å²) in [7, 11) is 1.89. The number of aromatic nitrogens is 4. The van der Waals surface area contributed by atoms with Gasteiger partial charge in [-0.25, -0.2) is 9.97 Å². The summed E-state index contributed by atoms with van der Waals surface area (Å²) in [6.07, 6.45) is 3.70. The molecule has 0 aliphatic heterocycles. The largest absolute Gasteiger partial charge is 0.370 e. The molecule has 0 aliphatic carbocycles. The predicted octanol–water partition coefficient (Wildman–Crippen LogP) is 2.99. The second-order valence-corrected chi connectivity index (χ2v) is 6.18. The molecule has 2 rings (SSSR count). The molecule has 0 bridgehead atoms. The van der Waals surface area contributed by atoms with Gasteiger partial charge in [-0.1, -0.05) is 20.8 Å². The first-order chi connectivity index (χ1) is 9.81. The monoisotopic (exact) mass is 288 g/mol. The smallest absolute Gasteiger partial charge is 0.139 e. The lowest BCUT2D eigenvalue weighted by Crippen LogP contribution is -2.19. The molecule has 114 valence electrons. The van der Waals surface area contributed by atoms with Crippen molar-refractivity contribution in [3.8, 4) is 0 Å². The van der Waals surface area contributed by atoms with Gasteiger partial charge < -0.3 is 10.6 Å². The number of aryl methyl sites for hydroxylation is 1. The van der Waals surface area contributed by atoms with Gasteiger partial charge in [0.25, 0.3) is 0 Å². The van der Waals surface area contributed by atoms with Gasteiger partial charge in [0.15, 0.2) is 0 Å². The van der Waals surface area contributed by atoms with Gasteiger partial charge >= 0.3 is 0 Å². The molecular formula is C15H24N6. The van der Waals surface area contributed by atoms with Crippen molar-refractivity contribution in [2.24, 2.45) is 7.05 Å². The molecule has 2 aromatic heterocycles. The minimum atomic E-state index is -0.108. The Kier molecular flexibility index (Phi) is 4.16. The number of nitrogens with zero attached hydrogens (tertiary/aromatic N) is 4. The fraction of sp³-hybridized carbons (Fsp3) is 0.533. The average molecular weight is 288 g/mol. The van der Waals surface area contributed by atoms with Crippen LogP contribution in [-0.2, 0) is 12.5 Å². The molecule has 0 atom stereocenters. The summed E-state index contributed by atoms with van der Waals surface area (Å²) < 4.78 is 1.76. The fourth-order valence-electron chi connectivity index (χ4n) is 1.94. The highest BCUT2D eigenvalue weighted by molar-refractivity contribution is 5.64. The standard InChI is InChI=1S/C15H24N6/c1-7-16-12-10(2)13(18-11-8-17-21(6)9-11)20-14(19-12)15(3,4)5/h8-9H,7H2,1-6H3,(H2,16,18,19,20). The van der Waals surface area contributed by atoms with E-state index in [0.717, 1.165) is 35.3 Å². The summed E-state index contributed by atoms with van der Waals surface area (Å²) in [6.45, 7) is 11.2. The van der Waals surface area contributed by atoms with Gasteiger partial charge in [0.05, 0.1) is 11.9 Å². The molecule has 2 aromatic rings. The summed E-state index contributed by atoms with van der Waals surface area (Å²) in [5.41, 5.74) is 1.82. The number of anilines is 3. The van der Waals surface area contributed by atoms with Crippen molar-refractivity contribution in [2.75, 3.05) is 17.2 Å². The van der Waals surface area contributed by atoms with Crippen LogP contribution in [0.15, 0.2) is 12.4 Å². The molecule has 6 nitrogen and oxygen atoms in total. The summed E-state index contributed by atoms with van der Waals surface area (Å²) in [5, 5.41) is 10.8. The van der Waals surface area contributed by atoms with Crippen LogP contribution in [0, 0.1) is 6.92 Å². The molecule has 0 unspecified atom stereocenters. The molecule has 0 fully saturated rings. The van der Waals surface area contributed by atoms with Crippen molar-refractivity contribution in [3.63, 3.8) is 0 Å². The van der Waals surface area contributed by atoms with E-state index in [1.54, 1.807) is 10.9 Å². The van der Waals surface area contributed by atoms with Crippen molar-refractivity contribution in [3.05, 3.63) is 23.8 Å². The Balaban J connectivity index is 2.45. The Morgan fingerprint density at radius 2 is 1.86 bits per heavy atom. The molecule has 2 N–H and O–H groups in total. The lowest BCUT2D eigenvalue weighted by atomic mass is 9.95. The van der Waals surface area contributed by atoms with Crippen LogP contribution in [0.3, 0.4) is 0 Å². The van der Waals surface area contributed by atoms with E-state index in [4.69, 9.17) is 4.98 Å². The summed E-state index contributed by atoms with van der Waals surface area (Å²) in [6, 6.07) is 0. The molecule has 0 radical (unpaired) electrons. The first-order valence-corrected chi connectivity index (χ1v) is 7.20. The molecule has 0 saturated heterocycles. The van der Waals surface area contributed by atoms with Crippen molar-refractivity contribution in [1.82, 2.24) is 19.7 Å². The molecule has 6 heteroatoms. The zero-order valence-corrected chi connectivity index (χ0v) is 13.7. The van der Waals surface area contributed by atoms with Gasteiger partial charge in [0.1, 0.15) is 17.5 Å². The number of rotatable bonds is 4. The van der Waals surface area contributed by atoms with Gasteiger partial charge in [0.2, 0.25) is 0 Å². The Morgan fingerprint density at radius 3 is 2.38 bits per heavy atom. The van der Waals surface area contributed by atoms with Crippen LogP contribution < -0.4 is 10.6 Å². The Bertz CT molecular complexity index is 624. The first kappa shape index (κ1) is 15.3. The van der Waals surface area contributed by atoms with Crippen LogP contribution in [0.1, 0.15) is 39.1 Å². The third kappa shape index (κ3) is 3.51. The van der Waals surface area contributed by atoms with Crippen molar-refractivity contribution in [2.45, 2.75) is 40.0 Å². The zero-order valence-electron chi connectivity index (χ0n) is 13.7. The van der Waals surface area contributed by atoms with E-state index in [2.05, 4.69) is 48.4 Å². The maximum absolute atomic E-state index is 4.69. The summed E-state index contributed by atoms with van der Waals surface area (Å²) >= 11 is 0. The van der Waals surface area contributed by atoms with E-state index in [1.165, 1.54) is 0 Å². The zero-order chi connectivity index (χ0) is 15.6. The molecule has 0 spiro atoms. The highest BCUT2D eigenvalue weighted by Crippen LogP contribution is 2.28. The van der Waals surface area contributed by atoms with Gasteiger partial charge in [-0.2, -0.15) is 5.10 Å². The Hall–Kier alpha value is -2.11. The Labute approximate surface area is 126 Å². The lowest BCUT2D eigenvalue weighted by molar-refractivity contribution is 0.546. The third-order valence-corrected chi connectivity index (χ3v) is 3.13. The van der Waals surface area contributed by atoms with Gasteiger partial charge in [-0.05, 0) is 13.8 Å². The summed E-state index contributed by atoms with van der Waals surface area (Å²) in [4.78, 5) is 9.35. The lowest BCUT2D eigenvalue weighted by Gasteiger charge is -2.21.